The van der Waals surface area contributed by atoms with Crippen LogP contribution in [0.5, 0.6) is 0 Å². The number of hydrogen-bond acceptors (Lipinski definition) is 4. The average Bonchev–Trinajstić information content (AvgIpc) is 2.67. The second kappa shape index (κ2) is 6.51. The van der Waals surface area contributed by atoms with Gasteiger partial charge in [-0.3, -0.25) is 4.79 Å². The van der Waals surface area contributed by atoms with E-state index < -0.39 is 0 Å². The highest BCUT2D eigenvalue weighted by Crippen LogP contribution is 2.29. The highest BCUT2D eigenvalue weighted by atomic mass is 16.1. The van der Waals surface area contributed by atoms with Crippen molar-refractivity contribution in [2.24, 2.45) is 0 Å². The second-order valence-electron chi connectivity index (χ2n) is 6.41. The molecule has 1 saturated heterocycles. The zero-order chi connectivity index (χ0) is 17.2. The summed E-state index contributed by atoms with van der Waals surface area (Å²) >= 11 is 0. The summed E-state index contributed by atoms with van der Waals surface area (Å²) < 4.78 is 0. The van der Waals surface area contributed by atoms with Crippen LogP contribution in [-0.2, 0) is 0 Å². The Hall–Kier alpha value is -2.95. The van der Waals surface area contributed by atoms with Crippen LogP contribution in [0.15, 0.2) is 54.1 Å². The summed E-state index contributed by atoms with van der Waals surface area (Å²) in [5, 5.41) is 1.09. The third-order valence-corrected chi connectivity index (χ3v) is 4.92. The Balaban J connectivity index is 1.54. The van der Waals surface area contributed by atoms with Gasteiger partial charge in [0.15, 0.2) is 0 Å². The maximum atomic E-state index is 12.5. The third-order valence-electron chi connectivity index (χ3n) is 4.92. The molecule has 25 heavy (non-hydrogen) atoms. The van der Waals surface area contributed by atoms with E-state index >= 15 is 0 Å². The number of fused-ring (bicyclic) bond motifs is 1. The van der Waals surface area contributed by atoms with Crippen LogP contribution in [0, 0.1) is 0 Å². The number of hydrogen-bond donors (Lipinski definition) is 1. The number of nitrogens with one attached hydrogen (secondary N) is 1. The van der Waals surface area contributed by atoms with E-state index in [1.54, 1.807) is 12.4 Å². The second-order valence-corrected chi connectivity index (χ2v) is 6.41. The van der Waals surface area contributed by atoms with Crippen molar-refractivity contribution in [3.63, 3.8) is 0 Å². The number of aromatic amines is 1. The Morgan fingerprint density at radius 1 is 1.16 bits per heavy atom. The van der Waals surface area contributed by atoms with E-state index in [2.05, 4.69) is 32.5 Å². The first-order valence-electron chi connectivity index (χ1n) is 8.56. The van der Waals surface area contributed by atoms with E-state index in [1.165, 1.54) is 0 Å². The Labute approximate surface area is 146 Å². The molecular weight excluding hydrogens is 312 g/mol. The van der Waals surface area contributed by atoms with Crippen molar-refractivity contribution in [2.45, 2.75) is 18.8 Å². The zero-order valence-corrected chi connectivity index (χ0v) is 14.0. The van der Waals surface area contributed by atoms with Crippen LogP contribution in [0.2, 0.25) is 0 Å². The van der Waals surface area contributed by atoms with Crippen molar-refractivity contribution in [2.75, 3.05) is 18.0 Å². The van der Waals surface area contributed by atoms with Crippen LogP contribution in [0.25, 0.3) is 17.0 Å². The molecule has 5 heteroatoms. The number of nitrogens with zero attached hydrogens (tertiary/aromatic N) is 3. The van der Waals surface area contributed by atoms with Gasteiger partial charge < -0.3 is 9.88 Å². The lowest BCUT2D eigenvalue weighted by molar-refractivity contribution is 0.499. The van der Waals surface area contributed by atoms with Gasteiger partial charge in [0, 0.05) is 30.2 Å². The first-order valence-corrected chi connectivity index (χ1v) is 8.56. The Kier molecular flexibility index (Phi) is 4.06. The van der Waals surface area contributed by atoms with Crippen LogP contribution in [0.3, 0.4) is 0 Å². The number of rotatable bonds is 3. The molecule has 0 saturated carbocycles. The number of benzene rings is 1. The van der Waals surface area contributed by atoms with Crippen LogP contribution >= 0.6 is 0 Å². The molecule has 0 unspecified atom stereocenters. The zero-order valence-electron chi connectivity index (χ0n) is 14.0. The fourth-order valence-electron chi connectivity index (χ4n) is 3.53. The van der Waals surface area contributed by atoms with Crippen LogP contribution in [0.1, 0.15) is 30.0 Å². The molecule has 0 radical (unpaired) electrons. The number of para-hydroxylation sites is 1. The van der Waals surface area contributed by atoms with Gasteiger partial charge in [-0.05, 0) is 42.4 Å². The quantitative estimate of drug-likeness (QED) is 0.799. The largest absolute Gasteiger partial charge is 0.356 e. The predicted molar refractivity (Wildman–Crippen MR) is 101 cm³/mol. The van der Waals surface area contributed by atoms with Crippen molar-refractivity contribution in [3.8, 4) is 0 Å². The molecule has 1 aliphatic rings. The van der Waals surface area contributed by atoms with E-state index in [1.807, 2.05) is 30.3 Å². The summed E-state index contributed by atoms with van der Waals surface area (Å²) in [6.45, 7) is 5.52. The molecule has 3 heterocycles. The van der Waals surface area contributed by atoms with Crippen molar-refractivity contribution >= 4 is 22.8 Å². The molecule has 0 spiro atoms. The number of anilines is 1. The van der Waals surface area contributed by atoms with Crippen molar-refractivity contribution in [1.82, 2.24) is 15.0 Å². The fourth-order valence-corrected chi connectivity index (χ4v) is 3.53. The maximum Gasteiger partial charge on any atom is 0.251 e. The minimum absolute atomic E-state index is 0.0353. The monoisotopic (exact) mass is 332 g/mol. The van der Waals surface area contributed by atoms with E-state index in [9.17, 15) is 4.79 Å². The number of pyridine rings is 1. The smallest absolute Gasteiger partial charge is 0.251 e. The van der Waals surface area contributed by atoms with Gasteiger partial charge in [0.1, 0.15) is 12.1 Å². The van der Waals surface area contributed by atoms with Crippen molar-refractivity contribution < 1.29 is 0 Å². The summed E-state index contributed by atoms with van der Waals surface area (Å²) in [5.41, 5.74) is 2.66. The molecular formula is C20H20N4O. The van der Waals surface area contributed by atoms with Gasteiger partial charge in [-0.2, -0.15) is 0 Å². The minimum atomic E-state index is 0.0353. The molecule has 4 rings (SSSR count). The normalized spacial score (nSPS) is 15.4. The topological polar surface area (TPSA) is 61.9 Å². The lowest BCUT2D eigenvalue weighted by Crippen LogP contribution is -2.35. The highest BCUT2D eigenvalue weighted by molar-refractivity contribution is 5.78. The van der Waals surface area contributed by atoms with E-state index in [-0.39, 0.29) is 11.5 Å². The van der Waals surface area contributed by atoms with Gasteiger partial charge in [0.25, 0.3) is 5.56 Å². The van der Waals surface area contributed by atoms with E-state index in [0.717, 1.165) is 53.9 Å². The molecule has 0 bridgehead atoms. The summed E-state index contributed by atoms with van der Waals surface area (Å²) in [6.07, 6.45) is 5.18. The van der Waals surface area contributed by atoms with Crippen molar-refractivity contribution in [3.05, 3.63) is 70.9 Å². The van der Waals surface area contributed by atoms with Gasteiger partial charge in [0.05, 0.1) is 5.69 Å². The number of H-pyrrole nitrogens is 1. The molecule has 1 aromatic carbocycles. The lowest BCUT2D eigenvalue weighted by atomic mass is 9.89. The fraction of sp³-hybridized carbons (Fsp3) is 0.250. The van der Waals surface area contributed by atoms with Gasteiger partial charge in [-0.1, -0.05) is 24.8 Å². The van der Waals surface area contributed by atoms with Crippen LogP contribution in [-0.4, -0.2) is 28.0 Å². The van der Waals surface area contributed by atoms with Gasteiger partial charge in [0.2, 0.25) is 0 Å². The van der Waals surface area contributed by atoms with Crippen LogP contribution in [0.4, 0.5) is 5.82 Å². The first kappa shape index (κ1) is 15.6. The maximum absolute atomic E-state index is 12.5. The number of aromatic nitrogens is 3. The summed E-state index contributed by atoms with van der Waals surface area (Å²) in [7, 11) is 0. The van der Waals surface area contributed by atoms with E-state index in [4.69, 9.17) is 0 Å². The molecule has 1 N–H and O–H groups in total. The first-order chi connectivity index (χ1) is 12.2. The molecule has 3 aromatic rings. The Morgan fingerprint density at radius 2 is 1.96 bits per heavy atom. The minimum Gasteiger partial charge on any atom is -0.356 e. The van der Waals surface area contributed by atoms with Gasteiger partial charge in [-0.15, -0.1) is 0 Å². The standard InChI is InChI=1S/C20H20N4O/c1-2-16-12-19(22-13-21-16)24-9-7-14(8-10-24)17-11-15-5-3-4-6-18(15)23-20(17)25/h2-6,11-14H,1,7-10H2,(H,23,25). The van der Waals surface area contributed by atoms with E-state index in [0.29, 0.717) is 0 Å². The number of piperidine rings is 1. The summed E-state index contributed by atoms with van der Waals surface area (Å²) in [6, 6.07) is 11.9. The highest BCUT2D eigenvalue weighted by Gasteiger charge is 2.23. The van der Waals surface area contributed by atoms with Gasteiger partial charge in [-0.25, -0.2) is 9.97 Å². The summed E-state index contributed by atoms with van der Waals surface area (Å²) in [4.78, 5) is 26.3. The molecule has 0 amide bonds. The van der Waals surface area contributed by atoms with Crippen molar-refractivity contribution in [1.29, 1.82) is 0 Å². The molecule has 1 fully saturated rings. The van der Waals surface area contributed by atoms with Crippen LogP contribution < -0.4 is 10.5 Å². The summed E-state index contributed by atoms with van der Waals surface area (Å²) in [5.74, 6) is 1.21. The predicted octanol–water partition coefficient (Wildman–Crippen LogP) is 3.35. The van der Waals surface area contributed by atoms with Gasteiger partial charge >= 0.3 is 0 Å². The molecule has 2 aromatic heterocycles. The average molecular weight is 332 g/mol. The Morgan fingerprint density at radius 3 is 2.76 bits per heavy atom. The molecule has 5 nitrogen and oxygen atoms in total. The SMILES string of the molecule is C=Cc1cc(N2CCC(c3cc4ccccc4[nH]c3=O)CC2)ncn1. The molecule has 0 atom stereocenters. The molecule has 1 aliphatic heterocycles. The lowest BCUT2D eigenvalue weighted by Gasteiger charge is -2.32. The Bertz CT molecular complexity index is 971. The molecule has 126 valence electrons. The third kappa shape index (κ3) is 3.05. The molecule has 0 aliphatic carbocycles.